The van der Waals surface area contributed by atoms with Gasteiger partial charge < -0.3 is 9.94 Å². The first-order valence-corrected chi connectivity index (χ1v) is 5.06. The third kappa shape index (κ3) is 1.98. The molecule has 0 saturated heterocycles. The Morgan fingerprint density at radius 1 is 1.31 bits per heavy atom. The summed E-state index contributed by atoms with van der Waals surface area (Å²) in [7, 11) is 1.65. The van der Waals surface area contributed by atoms with E-state index >= 15 is 0 Å². The van der Waals surface area contributed by atoms with Crippen LogP contribution in [0.4, 0.5) is 0 Å². The first-order valence-electron chi connectivity index (χ1n) is 5.06. The second kappa shape index (κ2) is 4.66. The highest BCUT2D eigenvalue weighted by atomic mass is 16.5. The highest BCUT2D eigenvalue weighted by Crippen LogP contribution is 2.24. The minimum atomic E-state index is 0.612. The number of fused-ring (bicyclic) bond motifs is 1. The van der Waals surface area contributed by atoms with Crippen molar-refractivity contribution in [1.29, 1.82) is 0 Å². The van der Waals surface area contributed by atoms with Crippen molar-refractivity contribution >= 4 is 17.0 Å². The van der Waals surface area contributed by atoms with Gasteiger partial charge in [0.2, 0.25) is 0 Å². The summed E-state index contributed by atoms with van der Waals surface area (Å²) in [6, 6.07) is 12.0. The standard InChI is InChI=1S/C13H13NO2/c1-16-12-6-5-10-3-2-4-11(7-8-14-15)13(10)9-12/h2-6,8-9,15H,7H2,1H3/b14-8+. The lowest BCUT2D eigenvalue weighted by Gasteiger charge is -2.06. The molecule has 2 aromatic carbocycles. The summed E-state index contributed by atoms with van der Waals surface area (Å²) in [5.74, 6) is 0.834. The topological polar surface area (TPSA) is 41.8 Å². The average molecular weight is 215 g/mol. The number of nitrogens with zero attached hydrogens (tertiary/aromatic N) is 1. The molecule has 1 N–H and O–H groups in total. The van der Waals surface area contributed by atoms with Crippen molar-refractivity contribution in [3.63, 3.8) is 0 Å². The average Bonchev–Trinajstić information content (AvgIpc) is 2.35. The van der Waals surface area contributed by atoms with Crippen LogP contribution in [0.5, 0.6) is 5.75 Å². The van der Waals surface area contributed by atoms with Crippen LogP contribution in [0.1, 0.15) is 5.56 Å². The van der Waals surface area contributed by atoms with Crippen LogP contribution in [0.15, 0.2) is 41.6 Å². The maximum atomic E-state index is 8.45. The fourth-order valence-corrected chi connectivity index (χ4v) is 1.76. The van der Waals surface area contributed by atoms with E-state index in [0.717, 1.165) is 22.1 Å². The molecule has 3 heteroatoms. The minimum Gasteiger partial charge on any atom is -0.497 e. The zero-order chi connectivity index (χ0) is 11.4. The molecule has 0 atom stereocenters. The Morgan fingerprint density at radius 3 is 2.94 bits per heavy atom. The van der Waals surface area contributed by atoms with Crippen molar-refractivity contribution in [3.05, 3.63) is 42.0 Å². The van der Waals surface area contributed by atoms with Gasteiger partial charge in [-0.1, -0.05) is 24.3 Å². The second-order valence-corrected chi connectivity index (χ2v) is 3.51. The molecule has 0 spiro atoms. The third-order valence-corrected chi connectivity index (χ3v) is 2.57. The highest BCUT2D eigenvalue weighted by Gasteiger charge is 2.01. The Hall–Kier alpha value is -2.03. The monoisotopic (exact) mass is 215 g/mol. The molecule has 0 bridgehead atoms. The molecular weight excluding hydrogens is 202 g/mol. The highest BCUT2D eigenvalue weighted by molar-refractivity contribution is 5.88. The van der Waals surface area contributed by atoms with Crippen LogP contribution in [0.2, 0.25) is 0 Å². The predicted octanol–water partition coefficient (Wildman–Crippen LogP) is 2.85. The molecule has 0 aliphatic carbocycles. The van der Waals surface area contributed by atoms with Gasteiger partial charge in [-0.25, -0.2) is 0 Å². The summed E-state index contributed by atoms with van der Waals surface area (Å²) in [5, 5.41) is 13.8. The van der Waals surface area contributed by atoms with E-state index in [2.05, 4.69) is 5.16 Å². The molecule has 0 fully saturated rings. The number of hydrogen-bond acceptors (Lipinski definition) is 3. The van der Waals surface area contributed by atoms with Crippen LogP contribution in [-0.2, 0) is 6.42 Å². The molecule has 3 nitrogen and oxygen atoms in total. The van der Waals surface area contributed by atoms with Gasteiger partial charge in [0.15, 0.2) is 0 Å². The van der Waals surface area contributed by atoms with Gasteiger partial charge >= 0.3 is 0 Å². The molecule has 0 heterocycles. The van der Waals surface area contributed by atoms with Gasteiger partial charge in [0.25, 0.3) is 0 Å². The Labute approximate surface area is 94.0 Å². The van der Waals surface area contributed by atoms with Crippen LogP contribution in [0.25, 0.3) is 10.8 Å². The van der Waals surface area contributed by atoms with Gasteiger partial charge in [0.05, 0.1) is 7.11 Å². The zero-order valence-corrected chi connectivity index (χ0v) is 9.05. The third-order valence-electron chi connectivity index (χ3n) is 2.57. The Morgan fingerprint density at radius 2 is 2.19 bits per heavy atom. The molecule has 0 unspecified atom stereocenters. The molecule has 0 saturated carbocycles. The lowest BCUT2D eigenvalue weighted by Crippen LogP contribution is -1.89. The summed E-state index contributed by atoms with van der Waals surface area (Å²) >= 11 is 0. The smallest absolute Gasteiger partial charge is 0.119 e. The van der Waals surface area contributed by atoms with E-state index in [1.54, 1.807) is 7.11 Å². The summed E-state index contributed by atoms with van der Waals surface area (Å²) in [4.78, 5) is 0. The normalized spacial score (nSPS) is 11.1. The van der Waals surface area contributed by atoms with Crippen LogP contribution in [0, 0.1) is 0 Å². The van der Waals surface area contributed by atoms with E-state index in [1.165, 1.54) is 6.21 Å². The number of methoxy groups -OCH3 is 1. The minimum absolute atomic E-state index is 0.612. The van der Waals surface area contributed by atoms with Crippen molar-refractivity contribution in [2.75, 3.05) is 7.11 Å². The Balaban J connectivity index is 2.54. The van der Waals surface area contributed by atoms with Gasteiger partial charge in [0.1, 0.15) is 5.75 Å². The van der Waals surface area contributed by atoms with Crippen LogP contribution in [0.3, 0.4) is 0 Å². The van der Waals surface area contributed by atoms with Gasteiger partial charge in [-0.3, -0.25) is 0 Å². The number of rotatable bonds is 3. The van der Waals surface area contributed by atoms with Crippen molar-refractivity contribution in [2.24, 2.45) is 5.16 Å². The van der Waals surface area contributed by atoms with E-state index < -0.39 is 0 Å². The molecule has 0 aliphatic heterocycles. The summed E-state index contributed by atoms with van der Waals surface area (Å²) < 4.78 is 5.20. The lowest BCUT2D eigenvalue weighted by atomic mass is 10.0. The maximum Gasteiger partial charge on any atom is 0.119 e. The van der Waals surface area contributed by atoms with Crippen molar-refractivity contribution in [1.82, 2.24) is 0 Å². The zero-order valence-electron chi connectivity index (χ0n) is 9.05. The molecule has 2 rings (SSSR count). The number of hydrogen-bond donors (Lipinski definition) is 1. The number of oxime groups is 1. The van der Waals surface area contributed by atoms with Gasteiger partial charge in [-0.15, -0.1) is 5.16 Å². The molecule has 2 aromatic rings. The maximum absolute atomic E-state index is 8.45. The van der Waals surface area contributed by atoms with Gasteiger partial charge in [-0.05, 0) is 28.5 Å². The molecule has 0 aromatic heterocycles. The quantitative estimate of drug-likeness (QED) is 0.486. The fraction of sp³-hybridized carbons (Fsp3) is 0.154. The molecule has 0 aliphatic rings. The van der Waals surface area contributed by atoms with Crippen molar-refractivity contribution < 1.29 is 9.94 Å². The Bertz CT molecular complexity index is 520. The molecule has 16 heavy (non-hydrogen) atoms. The molecule has 0 radical (unpaired) electrons. The van der Waals surface area contributed by atoms with Crippen LogP contribution >= 0.6 is 0 Å². The van der Waals surface area contributed by atoms with Crippen LogP contribution < -0.4 is 4.74 Å². The van der Waals surface area contributed by atoms with E-state index in [9.17, 15) is 0 Å². The molecular formula is C13H13NO2. The molecule has 82 valence electrons. The predicted molar refractivity (Wildman–Crippen MR) is 64.5 cm³/mol. The van der Waals surface area contributed by atoms with Gasteiger partial charge in [0, 0.05) is 12.6 Å². The van der Waals surface area contributed by atoms with E-state index in [-0.39, 0.29) is 0 Å². The first kappa shape index (κ1) is 10.5. The van der Waals surface area contributed by atoms with E-state index in [1.807, 2.05) is 36.4 Å². The van der Waals surface area contributed by atoms with E-state index in [4.69, 9.17) is 9.94 Å². The summed E-state index contributed by atoms with van der Waals surface area (Å²) in [5.41, 5.74) is 1.12. The summed E-state index contributed by atoms with van der Waals surface area (Å²) in [6.45, 7) is 0. The lowest BCUT2D eigenvalue weighted by molar-refractivity contribution is 0.321. The van der Waals surface area contributed by atoms with E-state index in [0.29, 0.717) is 6.42 Å². The largest absolute Gasteiger partial charge is 0.497 e. The fourth-order valence-electron chi connectivity index (χ4n) is 1.76. The van der Waals surface area contributed by atoms with Gasteiger partial charge in [-0.2, -0.15) is 0 Å². The second-order valence-electron chi connectivity index (χ2n) is 3.51. The molecule has 0 amide bonds. The number of ether oxygens (including phenoxy) is 1. The number of benzene rings is 2. The first-order chi connectivity index (χ1) is 7.85. The summed E-state index contributed by atoms with van der Waals surface area (Å²) in [6.07, 6.45) is 2.09. The SMILES string of the molecule is COc1ccc2cccc(C/C=N/O)c2c1. The van der Waals surface area contributed by atoms with Crippen molar-refractivity contribution in [2.45, 2.75) is 6.42 Å². The van der Waals surface area contributed by atoms with Crippen molar-refractivity contribution in [3.8, 4) is 5.75 Å². The Kier molecular flexibility index (Phi) is 3.05. The van der Waals surface area contributed by atoms with Crippen LogP contribution in [-0.4, -0.2) is 18.5 Å².